The van der Waals surface area contributed by atoms with Gasteiger partial charge in [0, 0.05) is 6.61 Å². The molecule has 4 heteroatoms. The Labute approximate surface area is 117 Å². The maximum absolute atomic E-state index is 9.77. The van der Waals surface area contributed by atoms with E-state index in [9.17, 15) is 5.11 Å². The van der Waals surface area contributed by atoms with Gasteiger partial charge < -0.3 is 20.4 Å². The Morgan fingerprint density at radius 1 is 0.526 bits per heavy atom. The largest absolute Gasteiger partial charge is 0.396 e. The van der Waals surface area contributed by atoms with Crippen LogP contribution in [0.3, 0.4) is 0 Å². The summed E-state index contributed by atoms with van der Waals surface area (Å²) in [7, 11) is 0. The van der Waals surface area contributed by atoms with E-state index in [-0.39, 0.29) is 6.10 Å². The van der Waals surface area contributed by atoms with Crippen molar-refractivity contribution in [1.29, 1.82) is 0 Å². The highest BCUT2D eigenvalue weighted by atomic mass is 16.5. The second-order valence-corrected chi connectivity index (χ2v) is 5.41. The Kier molecular flexibility index (Phi) is 14.1. The van der Waals surface area contributed by atoms with Gasteiger partial charge in [-0.3, -0.25) is 0 Å². The van der Waals surface area contributed by atoms with Crippen molar-refractivity contribution >= 4 is 0 Å². The van der Waals surface area contributed by atoms with E-state index >= 15 is 0 Å². The molecule has 0 rings (SSSR count). The fourth-order valence-electron chi connectivity index (χ4n) is 2.23. The summed E-state index contributed by atoms with van der Waals surface area (Å²) in [6.07, 6.45) is 10.1. The number of hydrogen-bond acceptors (Lipinski definition) is 4. The van der Waals surface area contributed by atoms with Crippen molar-refractivity contribution in [3.63, 3.8) is 0 Å². The van der Waals surface area contributed by atoms with Crippen LogP contribution in [-0.2, 0) is 0 Å². The third-order valence-corrected chi connectivity index (χ3v) is 3.45. The van der Waals surface area contributed by atoms with Gasteiger partial charge in [0.1, 0.15) is 0 Å². The molecular formula is C15H32O4. The molecule has 4 N–H and O–H groups in total. The maximum atomic E-state index is 9.77. The van der Waals surface area contributed by atoms with Crippen molar-refractivity contribution in [1.82, 2.24) is 0 Å². The predicted molar refractivity (Wildman–Crippen MR) is 76.7 cm³/mol. The minimum atomic E-state index is -1.18. The average molecular weight is 276 g/mol. The van der Waals surface area contributed by atoms with E-state index in [0.717, 1.165) is 51.4 Å². The van der Waals surface area contributed by atoms with E-state index in [2.05, 4.69) is 0 Å². The minimum absolute atomic E-state index is 0.198. The highest BCUT2D eigenvalue weighted by molar-refractivity contribution is 4.57. The molecule has 1 unspecified atom stereocenters. The van der Waals surface area contributed by atoms with Gasteiger partial charge in [-0.15, -0.1) is 0 Å². The van der Waals surface area contributed by atoms with Crippen molar-refractivity contribution in [3.05, 3.63) is 0 Å². The molecule has 0 aliphatic heterocycles. The summed E-state index contributed by atoms with van der Waals surface area (Å²) in [6.45, 7) is 0.298. The molecule has 0 heterocycles. The van der Waals surface area contributed by atoms with Crippen LogP contribution >= 0.6 is 0 Å². The highest BCUT2D eigenvalue weighted by Crippen LogP contribution is 2.13. The highest BCUT2D eigenvalue weighted by Gasteiger charge is 2.04. The molecule has 0 aromatic heterocycles. The fourth-order valence-corrected chi connectivity index (χ4v) is 2.23. The van der Waals surface area contributed by atoms with Crippen molar-refractivity contribution in [2.45, 2.75) is 89.4 Å². The number of rotatable bonds is 14. The van der Waals surface area contributed by atoms with Crippen molar-refractivity contribution in [2.24, 2.45) is 0 Å². The zero-order chi connectivity index (χ0) is 14.3. The number of unbranched alkanes of at least 4 members (excludes halogenated alkanes) is 7. The first kappa shape index (κ1) is 18.8. The van der Waals surface area contributed by atoms with Gasteiger partial charge in [-0.25, -0.2) is 0 Å². The monoisotopic (exact) mass is 276 g/mol. The predicted octanol–water partition coefficient (Wildman–Crippen LogP) is 2.33. The molecule has 0 aromatic carbocycles. The van der Waals surface area contributed by atoms with E-state index in [1.807, 2.05) is 0 Å². The Morgan fingerprint density at radius 2 is 0.947 bits per heavy atom. The van der Waals surface area contributed by atoms with E-state index in [0.29, 0.717) is 13.0 Å². The van der Waals surface area contributed by atoms with Crippen molar-refractivity contribution in [3.8, 4) is 0 Å². The molecule has 0 aromatic rings. The number of aliphatic hydroxyl groups is 4. The van der Waals surface area contributed by atoms with Crippen LogP contribution in [0.4, 0.5) is 0 Å². The summed E-state index contributed by atoms with van der Waals surface area (Å²) in [5.74, 6) is 0. The molecule has 0 saturated heterocycles. The molecular weight excluding hydrogens is 244 g/mol. The van der Waals surface area contributed by atoms with Gasteiger partial charge in [-0.05, 0) is 32.1 Å². The van der Waals surface area contributed by atoms with Gasteiger partial charge in [0.25, 0.3) is 0 Å². The summed E-state index contributed by atoms with van der Waals surface area (Å²) < 4.78 is 0. The smallest absolute Gasteiger partial charge is 0.151 e. The first-order chi connectivity index (χ1) is 9.16. The lowest BCUT2D eigenvalue weighted by molar-refractivity contribution is -0.0466. The number of aliphatic hydroxyl groups excluding tert-OH is 3. The Hall–Kier alpha value is -0.160. The summed E-state index contributed by atoms with van der Waals surface area (Å²) in [5.41, 5.74) is 0. The van der Waals surface area contributed by atoms with Gasteiger partial charge >= 0.3 is 0 Å². The molecule has 0 spiro atoms. The summed E-state index contributed by atoms with van der Waals surface area (Å²) in [5, 5.41) is 35.7. The molecule has 0 fully saturated rings. The van der Waals surface area contributed by atoms with Crippen molar-refractivity contribution < 1.29 is 20.4 Å². The topological polar surface area (TPSA) is 80.9 Å². The maximum Gasteiger partial charge on any atom is 0.151 e. The molecule has 116 valence electrons. The first-order valence-corrected chi connectivity index (χ1v) is 7.82. The van der Waals surface area contributed by atoms with Crippen LogP contribution in [0, 0.1) is 0 Å². The van der Waals surface area contributed by atoms with E-state index in [4.69, 9.17) is 15.3 Å². The number of hydrogen-bond donors (Lipinski definition) is 4. The molecule has 0 aliphatic carbocycles. The first-order valence-electron chi connectivity index (χ1n) is 7.82. The van der Waals surface area contributed by atoms with Gasteiger partial charge in [-0.2, -0.15) is 0 Å². The lowest BCUT2D eigenvalue weighted by Gasteiger charge is -2.10. The average Bonchev–Trinajstić information content (AvgIpc) is 2.37. The minimum Gasteiger partial charge on any atom is -0.396 e. The second kappa shape index (κ2) is 14.3. The molecule has 19 heavy (non-hydrogen) atoms. The van der Waals surface area contributed by atoms with Crippen LogP contribution in [0.2, 0.25) is 0 Å². The standard InChI is InChI=1S/C15H32O4/c16-13-9-4-2-1-3-6-10-14(17)11-7-5-8-12-15(18)19/h14-19H,1-13H2. The third kappa shape index (κ3) is 15.8. The van der Waals surface area contributed by atoms with Crippen LogP contribution in [0.25, 0.3) is 0 Å². The molecule has 4 nitrogen and oxygen atoms in total. The summed E-state index contributed by atoms with van der Waals surface area (Å²) >= 11 is 0. The van der Waals surface area contributed by atoms with Gasteiger partial charge in [-0.1, -0.05) is 44.9 Å². The SMILES string of the molecule is OCCCCCCCCC(O)CCCCCC(O)O. The normalized spacial score (nSPS) is 13.1. The molecule has 0 amide bonds. The van der Waals surface area contributed by atoms with Gasteiger partial charge in [0.2, 0.25) is 0 Å². The Morgan fingerprint density at radius 3 is 1.47 bits per heavy atom. The van der Waals surface area contributed by atoms with E-state index < -0.39 is 6.29 Å². The van der Waals surface area contributed by atoms with Crippen LogP contribution in [0.5, 0.6) is 0 Å². The Balaban J connectivity index is 3.14. The zero-order valence-corrected chi connectivity index (χ0v) is 12.1. The Bertz CT molecular complexity index is 174. The van der Waals surface area contributed by atoms with E-state index in [1.165, 1.54) is 19.3 Å². The van der Waals surface area contributed by atoms with Crippen LogP contribution in [0.15, 0.2) is 0 Å². The lowest BCUT2D eigenvalue weighted by Crippen LogP contribution is -2.07. The van der Waals surface area contributed by atoms with Gasteiger partial charge in [0.05, 0.1) is 6.10 Å². The van der Waals surface area contributed by atoms with Crippen molar-refractivity contribution in [2.75, 3.05) is 6.61 Å². The summed E-state index contributed by atoms with van der Waals surface area (Å²) in [4.78, 5) is 0. The van der Waals surface area contributed by atoms with Crippen LogP contribution in [-0.4, -0.2) is 39.4 Å². The lowest BCUT2D eigenvalue weighted by atomic mass is 10.0. The van der Waals surface area contributed by atoms with Crippen LogP contribution in [0.1, 0.15) is 77.0 Å². The quantitative estimate of drug-likeness (QED) is 0.290. The fraction of sp³-hybridized carbons (Fsp3) is 1.00. The molecule has 0 saturated carbocycles. The molecule has 0 aliphatic rings. The zero-order valence-electron chi connectivity index (χ0n) is 12.1. The van der Waals surface area contributed by atoms with Crippen LogP contribution < -0.4 is 0 Å². The molecule has 1 atom stereocenters. The molecule has 0 radical (unpaired) electrons. The molecule has 0 bridgehead atoms. The third-order valence-electron chi connectivity index (χ3n) is 3.45. The van der Waals surface area contributed by atoms with E-state index in [1.54, 1.807) is 0 Å². The van der Waals surface area contributed by atoms with Gasteiger partial charge in [0.15, 0.2) is 6.29 Å². The summed E-state index contributed by atoms with van der Waals surface area (Å²) in [6, 6.07) is 0. The second-order valence-electron chi connectivity index (χ2n) is 5.41.